The zero-order valence-electron chi connectivity index (χ0n) is 12.1. The number of aromatic nitrogens is 2. The van der Waals surface area contributed by atoms with Gasteiger partial charge in [0, 0.05) is 41.3 Å². The lowest BCUT2D eigenvalue weighted by Gasteiger charge is -2.36. The van der Waals surface area contributed by atoms with Crippen molar-refractivity contribution in [2.75, 3.05) is 18.1 Å². The molecule has 0 aliphatic carbocycles. The second kappa shape index (κ2) is 7.60. The summed E-state index contributed by atoms with van der Waals surface area (Å²) < 4.78 is 1.90. The van der Waals surface area contributed by atoms with Crippen LogP contribution in [0.4, 0.5) is 0 Å². The van der Waals surface area contributed by atoms with Crippen LogP contribution in [0.2, 0.25) is 0 Å². The van der Waals surface area contributed by atoms with Crippen molar-refractivity contribution in [2.45, 2.75) is 43.2 Å². The average Bonchev–Trinajstić information content (AvgIpc) is 2.84. The molecular weight excluding hydrogens is 274 g/mol. The molecule has 2 heterocycles. The van der Waals surface area contributed by atoms with E-state index < -0.39 is 0 Å². The Bertz CT molecular complexity index is 381. The van der Waals surface area contributed by atoms with E-state index in [4.69, 9.17) is 0 Å². The first kappa shape index (κ1) is 15.3. The molecule has 3 nitrogen and oxygen atoms in total. The number of aryl methyl sites for hydroxylation is 1. The quantitative estimate of drug-likeness (QED) is 0.874. The lowest BCUT2D eigenvalue weighted by molar-refractivity contribution is 0.490. The van der Waals surface area contributed by atoms with Crippen molar-refractivity contribution < 1.29 is 0 Å². The van der Waals surface area contributed by atoms with E-state index in [0.717, 1.165) is 23.5 Å². The van der Waals surface area contributed by atoms with E-state index in [1.54, 1.807) is 0 Å². The highest BCUT2D eigenvalue weighted by atomic mass is 32.2. The monoisotopic (exact) mass is 299 g/mol. The maximum atomic E-state index is 4.29. The number of likely N-dealkylation sites (N-methyl/N-ethyl adjacent to an activating group) is 1. The normalized spacial score (nSPS) is 25.4. The fraction of sp³-hybridized carbons (Fsp3) is 0.786. The third kappa shape index (κ3) is 4.17. The molecule has 1 aromatic rings. The Balaban J connectivity index is 2.05. The Morgan fingerprint density at radius 2 is 2.21 bits per heavy atom. The van der Waals surface area contributed by atoms with Gasteiger partial charge in [-0.15, -0.1) is 0 Å². The van der Waals surface area contributed by atoms with Crippen molar-refractivity contribution in [1.29, 1.82) is 0 Å². The molecule has 0 radical (unpaired) electrons. The summed E-state index contributed by atoms with van der Waals surface area (Å²) in [5.74, 6) is 2.60. The topological polar surface area (TPSA) is 29.9 Å². The first-order valence-electron chi connectivity index (χ1n) is 7.18. The van der Waals surface area contributed by atoms with E-state index in [9.17, 15) is 0 Å². The van der Waals surface area contributed by atoms with Gasteiger partial charge in [-0.2, -0.15) is 28.6 Å². The van der Waals surface area contributed by atoms with E-state index >= 15 is 0 Å². The SMILES string of the molecule is CCNC(Cc1cnn(C)c1)C1SCCSC1CC. The van der Waals surface area contributed by atoms with E-state index in [0.29, 0.717) is 6.04 Å². The number of hydrogen-bond acceptors (Lipinski definition) is 4. The standard InChI is InChI=1S/C14H25N3S2/c1-4-13-14(19-7-6-18-13)12(15-5-2)8-11-9-16-17(3)10-11/h9-10,12-15H,4-8H2,1-3H3. The fourth-order valence-electron chi connectivity index (χ4n) is 2.71. The van der Waals surface area contributed by atoms with E-state index in [1.807, 2.05) is 17.9 Å². The van der Waals surface area contributed by atoms with Crippen molar-refractivity contribution in [3.8, 4) is 0 Å². The summed E-state index contributed by atoms with van der Waals surface area (Å²) in [6.45, 7) is 5.57. The van der Waals surface area contributed by atoms with Gasteiger partial charge in [0.1, 0.15) is 0 Å². The summed E-state index contributed by atoms with van der Waals surface area (Å²) in [6.07, 6.45) is 6.52. The molecule has 108 valence electrons. The van der Waals surface area contributed by atoms with Gasteiger partial charge in [0.15, 0.2) is 0 Å². The molecule has 2 rings (SSSR count). The molecule has 1 fully saturated rings. The highest BCUT2D eigenvalue weighted by Gasteiger charge is 2.31. The first-order valence-corrected chi connectivity index (χ1v) is 9.28. The Morgan fingerprint density at radius 1 is 1.42 bits per heavy atom. The molecule has 1 N–H and O–H groups in total. The fourth-order valence-corrected chi connectivity index (χ4v) is 5.97. The number of rotatable bonds is 6. The van der Waals surface area contributed by atoms with Crippen LogP contribution in [0.3, 0.4) is 0 Å². The minimum atomic E-state index is 0.567. The second-order valence-corrected chi connectivity index (χ2v) is 7.68. The van der Waals surface area contributed by atoms with Crippen molar-refractivity contribution >= 4 is 23.5 Å². The van der Waals surface area contributed by atoms with Crippen molar-refractivity contribution in [3.05, 3.63) is 18.0 Å². The highest BCUT2D eigenvalue weighted by Crippen LogP contribution is 2.35. The van der Waals surface area contributed by atoms with Gasteiger partial charge in [-0.05, 0) is 24.9 Å². The van der Waals surface area contributed by atoms with Gasteiger partial charge in [-0.3, -0.25) is 4.68 Å². The van der Waals surface area contributed by atoms with Crippen LogP contribution >= 0.6 is 23.5 Å². The predicted molar refractivity (Wildman–Crippen MR) is 87.2 cm³/mol. The molecular formula is C14H25N3S2. The van der Waals surface area contributed by atoms with E-state index in [1.165, 1.54) is 23.5 Å². The Hall–Kier alpha value is -0.130. The van der Waals surface area contributed by atoms with Crippen LogP contribution in [0, 0.1) is 0 Å². The lowest BCUT2D eigenvalue weighted by atomic mass is 10.0. The molecule has 1 saturated heterocycles. The van der Waals surface area contributed by atoms with Gasteiger partial charge in [0.2, 0.25) is 0 Å². The zero-order chi connectivity index (χ0) is 13.7. The average molecular weight is 300 g/mol. The van der Waals surface area contributed by atoms with Gasteiger partial charge >= 0.3 is 0 Å². The molecule has 0 spiro atoms. The molecule has 3 atom stereocenters. The maximum absolute atomic E-state index is 4.29. The van der Waals surface area contributed by atoms with E-state index in [-0.39, 0.29) is 0 Å². The summed E-state index contributed by atoms with van der Waals surface area (Å²) in [4.78, 5) is 0. The summed E-state index contributed by atoms with van der Waals surface area (Å²) >= 11 is 4.32. The van der Waals surface area contributed by atoms with Gasteiger partial charge in [-0.25, -0.2) is 0 Å². The van der Waals surface area contributed by atoms with E-state index in [2.05, 4.69) is 54.0 Å². The van der Waals surface area contributed by atoms with Crippen LogP contribution in [0.25, 0.3) is 0 Å². The van der Waals surface area contributed by atoms with Crippen LogP contribution in [-0.2, 0) is 13.5 Å². The molecule has 0 bridgehead atoms. The van der Waals surface area contributed by atoms with Crippen molar-refractivity contribution in [2.24, 2.45) is 7.05 Å². The molecule has 1 aliphatic rings. The zero-order valence-corrected chi connectivity index (χ0v) is 13.8. The number of hydrogen-bond donors (Lipinski definition) is 1. The lowest BCUT2D eigenvalue weighted by Crippen LogP contribution is -2.46. The minimum absolute atomic E-state index is 0.567. The summed E-state index contributed by atoms with van der Waals surface area (Å²) in [5, 5.41) is 9.51. The highest BCUT2D eigenvalue weighted by molar-refractivity contribution is 8.07. The van der Waals surface area contributed by atoms with Crippen molar-refractivity contribution in [1.82, 2.24) is 15.1 Å². The smallest absolute Gasteiger partial charge is 0.0522 e. The molecule has 1 aromatic heterocycles. The van der Waals surface area contributed by atoms with Crippen LogP contribution in [0.15, 0.2) is 12.4 Å². The maximum Gasteiger partial charge on any atom is 0.0522 e. The Kier molecular flexibility index (Phi) is 6.10. The molecule has 0 amide bonds. The number of nitrogens with one attached hydrogen (secondary N) is 1. The Morgan fingerprint density at radius 3 is 2.84 bits per heavy atom. The largest absolute Gasteiger partial charge is 0.313 e. The van der Waals surface area contributed by atoms with Gasteiger partial charge in [0.05, 0.1) is 6.20 Å². The second-order valence-electron chi connectivity index (χ2n) is 5.04. The molecule has 19 heavy (non-hydrogen) atoms. The van der Waals surface area contributed by atoms with Crippen LogP contribution < -0.4 is 5.32 Å². The van der Waals surface area contributed by atoms with Gasteiger partial charge < -0.3 is 5.32 Å². The minimum Gasteiger partial charge on any atom is -0.313 e. The molecule has 0 aromatic carbocycles. The van der Waals surface area contributed by atoms with Crippen LogP contribution in [0.5, 0.6) is 0 Å². The predicted octanol–water partition coefficient (Wildman–Crippen LogP) is 2.57. The number of nitrogens with zero attached hydrogens (tertiary/aromatic N) is 2. The van der Waals surface area contributed by atoms with Crippen LogP contribution in [0.1, 0.15) is 25.8 Å². The van der Waals surface area contributed by atoms with Gasteiger partial charge in [-0.1, -0.05) is 13.8 Å². The summed E-state index contributed by atoms with van der Waals surface area (Å²) in [6, 6.07) is 0.567. The van der Waals surface area contributed by atoms with Crippen LogP contribution in [-0.4, -0.2) is 44.4 Å². The van der Waals surface area contributed by atoms with Gasteiger partial charge in [0.25, 0.3) is 0 Å². The molecule has 3 unspecified atom stereocenters. The first-order chi connectivity index (χ1) is 9.24. The third-order valence-electron chi connectivity index (χ3n) is 3.57. The number of thioether (sulfide) groups is 2. The summed E-state index contributed by atoms with van der Waals surface area (Å²) in [5.41, 5.74) is 1.35. The molecule has 0 saturated carbocycles. The Labute approximate surface area is 125 Å². The van der Waals surface area contributed by atoms with Crippen molar-refractivity contribution in [3.63, 3.8) is 0 Å². The third-order valence-corrected chi connectivity index (χ3v) is 6.98. The molecule has 5 heteroatoms. The summed E-state index contributed by atoms with van der Waals surface area (Å²) in [7, 11) is 1.99. The molecule has 1 aliphatic heterocycles.